The molecule has 0 unspecified atom stereocenters. The van der Waals surface area contributed by atoms with Crippen molar-refractivity contribution in [1.29, 1.82) is 0 Å². The third kappa shape index (κ3) is 3.14. The smallest absolute Gasteiger partial charge is 0.224 e. The van der Waals surface area contributed by atoms with E-state index in [1.807, 2.05) is 34.3 Å². The first-order chi connectivity index (χ1) is 10.7. The number of carbonyl (C=O) groups is 1. The highest BCUT2D eigenvalue weighted by Crippen LogP contribution is 2.32. The van der Waals surface area contributed by atoms with Crippen LogP contribution in [0.1, 0.15) is 16.2 Å². The number of hydrogen-bond acceptors (Lipinski definition) is 5. The molecule has 22 heavy (non-hydrogen) atoms. The fraction of sp³-hybridized carbons (Fsp3) is 0.188. The molecule has 3 rings (SSSR count). The summed E-state index contributed by atoms with van der Waals surface area (Å²) in [6.45, 7) is 0.0734. The Bertz CT molecular complexity index is 669. The molecule has 0 aromatic carbocycles. The second kappa shape index (κ2) is 6.48. The zero-order valence-electron chi connectivity index (χ0n) is 11.7. The van der Waals surface area contributed by atoms with E-state index in [0.717, 1.165) is 10.4 Å². The molecule has 0 spiro atoms. The molecule has 0 radical (unpaired) electrons. The van der Waals surface area contributed by atoms with Crippen molar-refractivity contribution < 1.29 is 14.3 Å². The van der Waals surface area contributed by atoms with Crippen LogP contribution in [-0.4, -0.2) is 17.6 Å². The van der Waals surface area contributed by atoms with Crippen molar-refractivity contribution in [2.75, 3.05) is 6.54 Å². The average Bonchev–Trinajstić information content (AvgIpc) is 3.26. The van der Waals surface area contributed by atoms with E-state index in [1.165, 1.54) is 17.6 Å². The van der Waals surface area contributed by atoms with Gasteiger partial charge in [0.1, 0.15) is 5.76 Å². The molecule has 0 aliphatic carbocycles. The van der Waals surface area contributed by atoms with Gasteiger partial charge in [-0.05, 0) is 46.0 Å². The van der Waals surface area contributed by atoms with Crippen LogP contribution in [0.2, 0.25) is 0 Å². The van der Waals surface area contributed by atoms with Crippen molar-refractivity contribution in [3.05, 3.63) is 68.9 Å². The summed E-state index contributed by atoms with van der Waals surface area (Å²) in [5, 5.41) is 19.6. The van der Waals surface area contributed by atoms with Gasteiger partial charge < -0.3 is 14.8 Å². The van der Waals surface area contributed by atoms with Crippen LogP contribution in [0.15, 0.2) is 57.2 Å². The highest BCUT2D eigenvalue weighted by Gasteiger charge is 2.36. The van der Waals surface area contributed by atoms with Gasteiger partial charge in [-0.15, -0.1) is 11.3 Å². The minimum Gasteiger partial charge on any atom is -0.466 e. The minimum absolute atomic E-state index is 0.0734. The second-order valence-electron chi connectivity index (χ2n) is 4.90. The molecular formula is C16H15NO3S2. The second-order valence-corrected chi connectivity index (χ2v) is 6.63. The molecule has 114 valence electrons. The Balaban J connectivity index is 1.73. The standard InChI is InChI=1S/C16H15NO3S2/c18-15(9-12-5-8-21-10-12)17-11-16(19,13-3-1-6-20-13)14-4-2-7-22-14/h1-8,10,19H,9,11H2,(H,17,18)/t16-/m1/s1. The maximum absolute atomic E-state index is 12.1. The van der Waals surface area contributed by atoms with Gasteiger partial charge in [-0.25, -0.2) is 0 Å². The molecule has 0 saturated heterocycles. The Morgan fingerprint density at radius 3 is 2.82 bits per heavy atom. The van der Waals surface area contributed by atoms with E-state index in [2.05, 4.69) is 5.32 Å². The van der Waals surface area contributed by atoms with E-state index in [9.17, 15) is 9.90 Å². The summed E-state index contributed by atoms with van der Waals surface area (Å²) >= 11 is 2.98. The summed E-state index contributed by atoms with van der Waals surface area (Å²) in [6.07, 6.45) is 1.82. The molecule has 0 bridgehead atoms. The number of rotatable bonds is 6. The molecule has 0 saturated carbocycles. The first-order valence-electron chi connectivity index (χ1n) is 6.76. The molecule has 1 amide bonds. The van der Waals surface area contributed by atoms with Crippen LogP contribution in [0.3, 0.4) is 0 Å². The van der Waals surface area contributed by atoms with E-state index >= 15 is 0 Å². The van der Waals surface area contributed by atoms with Crippen molar-refractivity contribution in [3.63, 3.8) is 0 Å². The van der Waals surface area contributed by atoms with Crippen molar-refractivity contribution in [1.82, 2.24) is 5.32 Å². The molecule has 1 atom stereocenters. The van der Waals surface area contributed by atoms with Crippen molar-refractivity contribution in [2.45, 2.75) is 12.0 Å². The minimum atomic E-state index is -1.35. The van der Waals surface area contributed by atoms with E-state index in [1.54, 1.807) is 23.5 Å². The summed E-state index contributed by atoms with van der Waals surface area (Å²) in [4.78, 5) is 12.8. The highest BCUT2D eigenvalue weighted by molar-refractivity contribution is 7.10. The molecule has 0 fully saturated rings. The summed E-state index contributed by atoms with van der Waals surface area (Å²) in [7, 11) is 0. The van der Waals surface area contributed by atoms with E-state index in [4.69, 9.17) is 4.42 Å². The van der Waals surface area contributed by atoms with Crippen LogP contribution in [-0.2, 0) is 16.8 Å². The largest absolute Gasteiger partial charge is 0.466 e. The molecule has 3 aromatic rings. The summed E-state index contributed by atoms with van der Waals surface area (Å²) < 4.78 is 5.37. The van der Waals surface area contributed by atoms with Crippen LogP contribution in [0.25, 0.3) is 0 Å². The number of aliphatic hydroxyl groups is 1. The summed E-state index contributed by atoms with van der Waals surface area (Å²) in [6, 6.07) is 9.05. The molecular weight excluding hydrogens is 318 g/mol. The van der Waals surface area contributed by atoms with Gasteiger partial charge in [0, 0.05) is 4.88 Å². The van der Waals surface area contributed by atoms with Gasteiger partial charge in [0.25, 0.3) is 0 Å². The Morgan fingerprint density at radius 2 is 2.18 bits per heavy atom. The third-order valence-corrected chi connectivity index (χ3v) is 5.10. The third-order valence-electron chi connectivity index (χ3n) is 3.34. The molecule has 3 aromatic heterocycles. The topological polar surface area (TPSA) is 62.5 Å². The molecule has 0 aliphatic rings. The zero-order chi connectivity index (χ0) is 15.4. The molecule has 4 nitrogen and oxygen atoms in total. The monoisotopic (exact) mass is 333 g/mol. The Morgan fingerprint density at radius 1 is 1.27 bits per heavy atom. The lowest BCUT2D eigenvalue weighted by atomic mass is 9.98. The quantitative estimate of drug-likeness (QED) is 0.729. The predicted octanol–water partition coefficient (Wildman–Crippen LogP) is 3.00. The number of hydrogen-bond donors (Lipinski definition) is 2. The fourth-order valence-corrected chi connectivity index (χ4v) is 3.69. The van der Waals surface area contributed by atoms with Crippen LogP contribution < -0.4 is 5.32 Å². The van der Waals surface area contributed by atoms with Crippen LogP contribution in [0, 0.1) is 0 Å². The van der Waals surface area contributed by atoms with E-state index in [-0.39, 0.29) is 12.5 Å². The first kappa shape index (κ1) is 15.0. The van der Waals surface area contributed by atoms with Gasteiger partial charge in [-0.2, -0.15) is 11.3 Å². The lowest BCUT2D eigenvalue weighted by molar-refractivity contribution is -0.121. The van der Waals surface area contributed by atoms with Crippen LogP contribution in [0.5, 0.6) is 0 Å². The lowest BCUT2D eigenvalue weighted by Crippen LogP contribution is -2.41. The van der Waals surface area contributed by atoms with Crippen LogP contribution in [0.4, 0.5) is 0 Å². The van der Waals surface area contributed by atoms with Gasteiger partial charge >= 0.3 is 0 Å². The molecule has 3 heterocycles. The Kier molecular flexibility index (Phi) is 4.42. The Labute approximate surface area is 136 Å². The average molecular weight is 333 g/mol. The highest BCUT2D eigenvalue weighted by atomic mass is 32.1. The van der Waals surface area contributed by atoms with E-state index in [0.29, 0.717) is 12.2 Å². The van der Waals surface area contributed by atoms with Gasteiger partial charge in [-0.1, -0.05) is 6.07 Å². The first-order valence-corrected chi connectivity index (χ1v) is 8.59. The van der Waals surface area contributed by atoms with E-state index < -0.39 is 5.60 Å². The fourth-order valence-electron chi connectivity index (χ4n) is 2.19. The number of amides is 1. The summed E-state index contributed by atoms with van der Waals surface area (Å²) in [5.74, 6) is 0.297. The SMILES string of the molecule is O=C(Cc1ccsc1)NC[C@@](O)(c1ccco1)c1cccs1. The van der Waals surface area contributed by atoms with Gasteiger partial charge in [0.15, 0.2) is 5.60 Å². The summed E-state index contributed by atoms with van der Waals surface area (Å²) in [5.41, 5.74) is -0.373. The van der Waals surface area contributed by atoms with Crippen LogP contribution >= 0.6 is 22.7 Å². The molecule has 2 N–H and O–H groups in total. The van der Waals surface area contributed by atoms with Crippen molar-refractivity contribution >= 4 is 28.6 Å². The number of thiophene rings is 2. The van der Waals surface area contributed by atoms with Gasteiger partial charge in [-0.3, -0.25) is 4.79 Å². The molecule has 0 aliphatic heterocycles. The lowest BCUT2D eigenvalue weighted by Gasteiger charge is -2.25. The number of carbonyl (C=O) groups excluding carboxylic acids is 1. The predicted molar refractivity (Wildman–Crippen MR) is 87.1 cm³/mol. The maximum Gasteiger partial charge on any atom is 0.224 e. The maximum atomic E-state index is 12.1. The zero-order valence-corrected chi connectivity index (χ0v) is 13.3. The number of furan rings is 1. The van der Waals surface area contributed by atoms with Crippen molar-refractivity contribution in [2.24, 2.45) is 0 Å². The normalized spacial score (nSPS) is 13.7. The number of nitrogens with one attached hydrogen (secondary N) is 1. The Hall–Kier alpha value is -1.89. The van der Waals surface area contributed by atoms with Gasteiger partial charge in [0.2, 0.25) is 5.91 Å². The molecule has 6 heteroatoms. The van der Waals surface area contributed by atoms with Gasteiger partial charge in [0.05, 0.1) is 19.2 Å². The van der Waals surface area contributed by atoms with Crippen molar-refractivity contribution in [3.8, 4) is 0 Å².